The van der Waals surface area contributed by atoms with E-state index in [4.69, 9.17) is 9.47 Å². The van der Waals surface area contributed by atoms with Gasteiger partial charge in [0.2, 0.25) is 5.90 Å². The number of hydrogen-bond acceptors (Lipinski definition) is 4. The summed E-state index contributed by atoms with van der Waals surface area (Å²) in [5, 5.41) is 0. The molecule has 0 radical (unpaired) electrons. The van der Waals surface area contributed by atoms with Crippen molar-refractivity contribution in [3.8, 4) is 5.75 Å². The fourth-order valence-corrected chi connectivity index (χ4v) is 2.70. The number of aliphatic imine (C=N–C) groups is 1. The van der Waals surface area contributed by atoms with Gasteiger partial charge in [0.05, 0.1) is 7.11 Å². The average molecular weight is 372 g/mol. The summed E-state index contributed by atoms with van der Waals surface area (Å²) in [6, 6.07) is 13.1. The van der Waals surface area contributed by atoms with Gasteiger partial charge in [-0.2, -0.15) is 0 Å². The van der Waals surface area contributed by atoms with Crippen molar-refractivity contribution in [2.75, 3.05) is 7.11 Å². The Labute approximate surface area is 142 Å². The Bertz CT molecular complexity index is 840. The van der Waals surface area contributed by atoms with Crippen LogP contribution in [0.25, 0.3) is 6.08 Å². The first-order valence-corrected chi connectivity index (χ1v) is 7.79. The van der Waals surface area contributed by atoms with Gasteiger partial charge >= 0.3 is 5.97 Å². The van der Waals surface area contributed by atoms with Gasteiger partial charge in [0, 0.05) is 10.0 Å². The second-order valence-corrected chi connectivity index (χ2v) is 5.99. The van der Waals surface area contributed by atoms with Gasteiger partial charge in [0.1, 0.15) is 5.75 Å². The van der Waals surface area contributed by atoms with Crippen LogP contribution in [0.5, 0.6) is 5.75 Å². The minimum atomic E-state index is -0.451. The van der Waals surface area contributed by atoms with Gasteiger partial charge in [-0.15, -0.1) is 0 Å². The van der Waals surface area contributed by atoms with Gasteiger partial charge in [0.25, 0.3) is 0 Å². The zero-order valence-corrected chi connectivity index (χ0v) is 14.3. The number of methoxy groups -OCH3 is 1. The van der Waals surface area contributed by atoms with Crippen molar-refractivity contribution < 1.29 is 14.3 Å². The normalized spacial score (nSPS) is 15.5. The predicted octanol–water partition coefficient (Wildman–Crippen LogP) is 4.11. The quantitative estimate of drug-likeness (QED) is 0.602. The minimum Gasteiger partial charge on any atom is -0.496 e. The van der Waals surface area contributed by atoms with Gasteiger partial charge in [-0.3, -0.25) is 0 Å². The third-order valence-corrected chi connectivity index (χ3v) is 3.91. The first-order valence-electron chi connectivity index (χ1n) is 7.00. The van der Waals surface area contributed by atoms with E-state index in [0.29, 0.717) is 5.90 Å². The van der Waals surface area contributed by atoms with Crippen LogP contribution >= 0.6 is 15.9 Å². The molecule has 0 amide bonds. The molecule has 0 aliphatic carbocycles. The molecule has 116 valence electrons. The molecule has 4 nitrogen and oxygen atoms in total. The molecule has 5 heteroatoms. The molecule has 1 heterocycles. The smallest absolute Gasteiger partial charge is 0.363 e. The van der Waals surface area contributed by atoms with Crippen LogP contribution in [0.15, 0.2) is 57.6 Å². The lowest BCUT2D eigenvalue weighted by Crippen LogP contribution is -2.05. The Morgan fingerprint density at radius 2 is 2.04 bits per heavy atom. The summed E-state index contributed by atoms with van der Waals surface area (Å²) in [5.41, 5.74) is 2.89. The van der Waals surface area contributed by atoms with Crippen LogP contribution in [-0.4, -0.2) is 19.0 Å². The maximum Gasteiger partial charge on any atom is 0.363 e. The zero-order valence-electron chi connectivity index (χ0n) is 12.7. The molecule has 0 spiro atoms. The maximum absolute atomic E-state index is 12.0. The summed E-state index contributed by atoms with van der Waals surface area (Å²) in [7, 11) is 1.63. The first-order chi connectivity index (χ1) is 11.1. The highest BCUT2D eigenvalue weighted by Gasteiger charge is 2.24. The number of cyclic esters (lactones) is 1. The van der Waals surface area contributed by atoms with E-state index in [1.54, 1.807) is 13.2 Å². The Balaban J connectivity index is 1.93. The summed E-state index contributed by atoms with van der Waals surface area (Å²) in [5.74, 6) is 0.667. The predicted molar refractivity (Wildman–Crippen MR) is 92.5 cm³/mol. The molecular formula is C18H14BrNO3. The molecule has 3 rings (SSSR count). The number of carbonyl (C=O) groups excluding carboxylic acids is 1. The number of benzene rings is 2. The molecule has 1 aliphatic heterocycles. The van der Waals surface area contributed by atoms with Crippen LogP contribution < -0.4 is 4.74 Å². The number of aryl methyl sites for hydroxylation is 1. The van der Waals surface area contributed by atoms with Crippen molar-refractivity contribution in [1.82, 2.24) is 0 Å². The molecule has 0 fully saturated rings. The topological polar surface area (TPSA) is 47.9 Å². The van der Waals surface area contributed by atoms with Crippen molar-refractivity contribution in [2.24, 2.45) is 4.99 Å². The second kappa shape index (κ2) is 6.38. The molecule has 0 aromatic heterocycles. The number of halogens is 1. The molecule has 0 bridgehead atoms. The molecule has 0 unspecified atom stereocenters. The number of ether oxygens (including phenoxy) is 2. The minimum absolute atomic E-state index is 0.282. The SMILES string of the molecule is COc1ccc(/C=C2\N=C(c3cccc(Br)c3)OC2=O)cc1C. The molecule has 1 aliphatic rings. The van der Waals surface area contributed by atoms with Crippen LogP contribution in [0, 0.1) is 6.92 Å². The first kappa shape index (κ1) is 15.5. The van der Waals surface area contributed by atoms with Gasteiger partial charge in [0.15, 0.2) is 5.70 Å². The van der Waals surface area contributed by atoms with Crippen molar-refractivity contribution in [3.05, 3.63) is 69.3 Å². The van der Waals surface area contributed by atoms with Crippen molar-refractivity contribution in [3.63, 3.8) is 0 Å². The highest BCUT2D eigenvalue weighted by atomic mass is 79.9. The Hall–Kier alpha value is -2.40. The lowest BCUT2D eigenvalue weighted by atomic mass is 10.1. The maximum atomic E-state index is 12.0. The van der Waals surface area contributed by atoms with Gasteiger partial charge in [-0.25, -0.2) is 9.79 Å². The van der Waals surface area contributed by atoms with E-state index < -0.39 is 5.97 Å². The van der Waals surface area contributed by atoms with E-state index in [9.17, 15) is 4.79 Å². The summed E-state index contributed by atoms with van der Waals surface area (Å²) in [6.45, 7) is 1.95. The second-order valence-electron chi connectivity index (χ2n) is 5.08. The fraction of sp³-hybridized carbons (Fsp3) is 0.111. The lowest BCUT2D eigenvalue weighted by Gasteiger charge is -2.04. The van der Waals surface area contributed by atoms with E-state index in [1.807, 2.05) is 49.4 Å². The van der Waals surface area contributed by atoms with E-state index in [-0.39, 0.29) is 5.70 Å². The molecule has 0 saturated heterocycles. The molecule has 0 N–H and O–H groups in total. The largest absolute Gasteiger partial charge is 0.496 e. The highest BCUT2D eigenvalue weighted by Crippen LogP contribution is 2.23. The third kappa shape index (κ3) is 3.35. The molecule has 2 aromatic rings. The summed E-state index contributed by atoms with van der Waals surface area (Å²) < 4.78 is 11.4. The number of hydrogen-bond donors (Lipinski definition) is 0. The van der Waals surface area contributed by atoms with Crippen molar-refractivity contribution >= 4 is 33.9 Å². The Morgan fingerprint density at radius 3 is 2.74 bits per heavy atom. The van der Waals surface area contributed by atoms with E-state index >= 15 is 0 Å². The average Bonchev–Trinajstić information content (AvgIpc) is 2.89. The van der Waals surface area contributed by atoms with Gasteiger partial charge in [-0.05, 0) is 54.5 Å². The molecule has 0 saturated carbocycles. The Morgan fingerprint density at radius 1 is 1.22 bits per heavy atom. The van der Waals surface area contributed by atoms with Crippen molar-refractivity contribution in [1.29, 1.82) is 0 Å². The monoisotopic (exact) mass is 371 g/mol. The Kier molecular flexibility index (Phi) is 4.30. The van der Waals surface area contributed by atoms with Crippen LogP contribution in [0.3, 0.4) is 0 Å². The number of carbonyl (C=O) groups is 1. The van der Waals surface area contributed by atoms with E-state index in [2.05, 4.69) is 20.9 Å². The van der Waals surface area contributed by atoms with Crippen LogP contribution in [0.4, 0.5) is 0 Å². The third-order valence-electron chi connectivity index (χ3n) is 3.41. The van der Waals surface area contributed by atoms with Crippen LogP contribution in [0.1, 0.15) is 16.7 Å². The number of nitrogens with zero attached hydrogens (tertiary/aromatic N) is 1. The molecule has 2 aromatic carbocycles. The van der Waals surface area contributed by atoms with E-state index in [1.165, 1.54) is 0 Å². The number of rotatable bonds is 3. The molecule has 0 atom stereocenters. The standard InChI is InChI=1S/C18H14BrNO3/c1-11-8-12(6-7-16(11)22-2)9-15-18(21)23-17(20-15)13-4-3-5-14(19)10-13/h3-10H,1-2H3/b15-9-. The zero-order chi connectivity index (χ0) is 16.4. The van der Waals surface area contributed by atoms with Crippen LogP contribution in [-0.2, 0) is 9.53 Å². The van der Waals surface area contributed by atoms with Gasteiger partial charge in [-0.1, -0.05) is 28.1 Å². The van der Waals surface area contributed by atoms with Crippen LogP contribution in [0.2, 0.25) is 0 Å². The van der Waals surface area contributed by atoms with Gasteiger partial charge < -0.3 is 9.47 Å². The highest BCUT2D eigenvalue weighted by molar-refractivity contribution is 9.10. The molecule has 23 heavy (non-hydrogen) atoms. The lowest BCUT2D eigenvalue weighted by molar-refractivity contribution is -0.129. The number of esters is 1. The van der Waals surface area contributed by atoms with E-state index in [0.717, 1.165) is 26.9 Å². The summed E-state index contributed by atoms with van der Waals surface area (Å²) in [4.78, 5) is 16.3. The summed E-state index contributed by atoms with van der Waals surface area (Å²) >= 11 is 3.39. The van der Waals surface area contributed by atoms with Crippen molar-refractivity contribution in [2.45, 2.75) is 6.92 Å². The summed E-state index contributed by atoms with van der Waals surface area (Å²) in [6.07, 6.45) is 1.71. The fourth-order valence-electron chi connectivity index (χ4n) is 2.30. The molecular weight excluding hydrogens is 358 g/mol.